The third kappa shape index (κ3) is 3.10. The fourth-order valence-corrected chi connectivity index (χ4v) is 2.61. The Kier molecular flexibility index (Phi) is 4.35. The SMILES string of the molecule is Cc1nnc(CN2CCOCC2CC(=O)c2ccco2)n1C. The highest BCUT2D eigenvalue weighted by Gasteiger charge is 2.27. The molecule has 3 heterocycles. The average Bonchev–Trinajstić information content (AvgIpc) is 3.15. The van der Waals surface area contributed by atoms with Crippen LogP contribution in [0.3, 0.4) is 0 Å². The van der Waals surface area contributed by atoms with Crippen molar-refractivity contribution in [3.63, 3.8) is 0 Å². The fourth-order valence-electron chi connectivity index (χ4n) is 2.61. The lowest BCUT2D eigenvalue weighted by molar-refractivity contribution is -0.0142. The van der Waals surface area contributed by atoms with Crippen molar-refractivity contribution in [2.24, 2.45) is 7.05 Å². The molecule has 2 aromatic rings. The van der Waals surface area contributed by atoms with Crippen LogP contribution < -0.4 is 0 Å². The lowest BCUT2D eigenvalue weighted by Gasteiger charge is -2.34. The summed E-state index contributed by atoms with van der Waals surface area (Å²) in [6.45, 7) is 4.58. The van der Waals surface area contributed by atoms with Gasteiger partial charge in [-0.15, -0.1) is 10.2 Å². The van der Waals surface area contributed by atoms with E-state index in [0.717, 1.165) is 18.2 Å². The number of carbonyl (C=O) groups is 1. The zero-order valence-corrected chi connectivity index (χ0v) is 12.9. The molecule has 1 aliphatic heterocycles. The van der Waals surface area contributed by atoms with Crippen LogP contribution in [0.4, 0.5) is 0 Å². The number of Topliss-reactive ketones (excluding diaryl/α,β-unsaturated/α-hetero) is 1. The molecule has 118 valence electrons. The highest BCUT2D eigenvalue weighted by Crippen LogP contribution is 2.17. The molecule has 3 rings (SSSR count). The Labute approximate surface area is 128 Å². The van der Waals surface area contributed by atoms with Gasteiger partial charge in [0.05, 0.1) is 26.0 Å². The molecule has 1 saturated heterocycles. The topological polar surface area (TPSA) is 73.4 Å². The predicted molar refractivity (Wildman–Crippen MR) is 78.4 cm³/mol. The molecule has 0 aliphatic carbocycles. The second-order valence-electron chi connectivity index (χ2n) is 5.53. The predicted octanol–water partition coefficient (Wildman–Crippen LogP) is 1.19. The van der Waals surface area contributed by atoms with Crippen LogP contribution in [-0.4, -0.2) is 51.2 Å². The molecular formula is C15H20N4O3. The molecule has 1 fully saturated rings. The number of ether oxygens (including phenoxy) is 1. The van der Waals surface area contributed by atoms with Gasteiger partial charge in [0.15, 0.2) is 11.5 Å². The van der Waals surface area contributed by atoms with E-state index in [1.807, 2.05) is 18.5 Å². The number of ketones is 1. The van der Waals surface area contributed by atoms with Gasteiger partial charge < -0.3 is 13.7 Å². The lowest BCUT2D eigenvalue weighted by Crippen LogP contribution is -2.46. The molecule has 7 heteroatoms. The van der Waals surface area contributed by atoms with E-state index in [-0.39, 0.29) is 11.8 Å². The maximum absolute atomic E-state index is 12.2. The first-order valence-electron chi connectivity index (χ1n) is 7.38. The van der Waals surface area contributed by atoms with Crippen molar-refractivity contribution in [3.8, 4) is 0 Å². The Morgan fingerprint density at radius 1 is 1.45 bits per heavy atom. The van der Waals surface area contributed by atoms with Crippen LogP contribution in [0.25, 0.3) is 0 Å². The van der Waals surface area contributed by atoms with Gasteiger partial charge in [0.1, 0.15) is 11.6 Å². The van der Waals surface area contributed by atoms with Gasteiger partial charge in [0, 0.05) is 26.1 Å². The van der Waals surface area contributed by atoms with Crippen LogP contribution in [0.2, 0.25) is 0 Å². The molecule has 0 radical (unpaired) electrons. The summed E-state index contributed by atoms with van der Waals surface area (Å²) in [5.74, 6) is 2.18. The van der Waals surface area contributed by atoms with Gasteiger partial charge in [-0.25, -0.2) is 0 Å². The number of aryl methyl sites for hydroxylation is 1. The highest BCUT2D eigenvalue weighted by molar-refractivity contribution is 5.93. The molecule has 1 atom stereocenters. The van der Waals surface area contributed by atoms with Gasteiger partial charge in [-0.1, -0.05) is 0 Å². The minimum atomic E-state index is -0.000328. The van der Waals surface area contributed by atoms with E-state index < -0.39 is 0 Å². The Morgan fingerprint density at radius 3 is 3.00 bits per heavy atom. The number of aromatic nitrogens is 3. The first kappa shape index (κ1) is 14.9. The third-order valence-electron chi connectivity index (χ3n) is 4.09. The van der Waals surface area contributed by atoms with Gasteiger partial charge in [-0.2, -0.15) is 0 Å². The maximum Gasteiger partial charge on any atom is 0.199 e. The van der Waals surface area contributed by atoms with E-state index in [1.165, 1.54) is 6.26 Å². The average molecular weight is 304 g/mol. The summed E-state index contributed by atoms with van der Waals surface area (Å²) >= 11 is 0. The van der Waals surface area contributed by atoms with Crippen molar-refractivity contribution >= 4 is 5.78 Å². The van der Waals surface area contributed by atoms with E-state index in [4.69, 9.17) is 9.15 Å². The van der Waals surface area contributed by atoms with Crippen molar-refractivity contribution in [2.75, 3.05) is 19.8 Å². The fraction of sp³-hybridized carbons (Fsp3) is 0.533. The van der Waals surface area contributed by atoms with E-state index in [0.29, 0.717) is 31.9 Å². The lowest BCUT2D eigenvalue weighted by atomic mass is 10.1. The van der Waals surface area contributed by atoms with Crippen LogP contribution in [0, 0.1) is 6.92 Å². The molecule has 2 aromatic heterocycles. The molecule has 0 N–H and O–H groups in total. The smallest absolute Gasteiger partial charge is 0.199 e. The minimum Gasteiger partial charge on any atom is -0.461 e. The molecule has 1 aliphatic rings. The molecule has 0 saturated carbocycles. The van der Waals surface area contributed by atoms with Gasteiger partial charge >= 0.3 is 0 Å². The monoisotopic (exact) mass is 304 g/mol. The van der Waals surface area contributed by atoms with Gasteiger partial charge in [-0.05, 0) is 19.1 Å². The van der Waals surface area contributed by atoms with Crippen molar-refractivity contribution in [1.29, 1.82) is 0 Å². The van der Waals surface area contributed by atoms with Crippen LogP contribution in [0.1, 0.15) is 28.6 Å². The number of nitrogens with zero attached hydrogens (tertiary/aromatic N) is 4. The summed E-state index contributed by atoms with van der Waals surface area (Å²) in [7, 11) is 1.95. The standard InChI is InChI=1S/C15H20N4O3/c1-11-16-17-15(18(11)2)9-19-5-7-21-10-12(19)8-13(20)14-4-3-6-22-14/h3-4,6,12H,5,7-10H2,1-2H3. The first-order valence-corrected chi connectivity index (χ1v) is 7.38. The van der Waals surface area contributed by atoms with E-state index in [9.17, 15) is 4.79 Å². The number of furan rings is 1. The normalized spacial score (nSPS) is 19.5. The van der Waals surface area contributed by atoms with E-state index in [1.54, 1.807) is 12.1 Å². The van der Waals surface area contributed by atoms with Crippen LogP contribution in [-0.2, 0) is 18.3 Å². The highest BCUT2D eigenvalue weighted by atomic mass is 16.5. The molecule has 0 aromatic carbocycles. The summed E-state index contributed by atoms with van der Waals surface area (Å²) in [6, 6.07) is 3.45. The molecule has 0 spiro atoms. The number of carbonyl (C=O) groups excluding carboxylic acids is 1. The Morgan fingerprint density at radius 2 is 2.32 bits per heavy atom. The summed E-state index contributed by atoms with van der Waals surface area (Å²) < 4.78 is 12.7. The van der Waals surface area contributed by atoms with Crippen LogP contribution in [0.15, 0.2) is 22.8 Å². The van der Waals surface area contributed by atoms with Gasteiger partial charge in [0.25, 0.3) is 0 Å². The first-order chi connectivity index (χ1) is 10.6. The quantitative estimate of drug-likeness (QED) is 0.773. The zero-order valence-electron chi connectivity index (χ0n) is 12.9. The summed E-state index contributed by atoms with van der Waals surface area (Å²) in [4.78, 5) is 14.5. The van der Waals surface area contributed by atoms with Crippen molar-refractivity contribution in [3.05, 3.63) is 35.8 Å². The van der Waals surface area contributed by atoms with Crippen LogP contribution >= 0.6 is 0 Å². The summed E-state index contributed by atoms with van der Waals surface area (Å²) in [6.07, 6.45) is 1.90. The number of rotatable bonds is 5. The second-order valence-corrected chi connectivity index (χ2v) is 5.53. The molecular weight excluding hydrogens is 284 g/mol. The largest absolute Gasteiger partial charge is 0.461 e. The number of hydrogen-bond donors (Lipinski definition) is 0. The van der Waals surface area contributed by atoms with Crippen molar-refractivity contribution < 1.29 is 13.9 Å². The molecule has 0 amide bonds. The van der Waals surface area contributed by atoms with E-state index in [2.05, 4.69) is 15.1 Å². The number of hydrogen-bond acceptors (Lipinski definition) is 6. The Hall–Kier alpha value is -1.99. The van der Waals surface area contributed by atoms with Crippen molar-refractivity contribution in [1.82, 2.24) is 19.7 Å². The van der Waals surface area contributed by atoms with Crippen LogP contribution in [0.5, 0.6) is 0 Å². The Balaban J connectivity index is 1.68. The molecule has 7 nitrogen and oxygen atoms in total. The Bertz CT molecular complexity index is 635. The minimum absolute atomic E-state index is 0.000328. The summed E-state index contributed by atoms with van der Waals surface area (Å²) in [5.41, 5.74) is 0. The third-order valence-corrected chi connectivity index (χ3v) is 4.09. The second kappa shape index (κ2) is 6.41. The van der Waals surface area contributed by atoms with E-state index >= 15 is 0 Å². The zero-order chi connectivity index (χ0) is 15.5. The van der Waals surface area contributed by atoms with Gasteiger partial charge in [0.2, 0.25) is 0 Å². The maximum atomic E-state index is 12.2. The number of morpholine rings is 1. The molecule has 1 unspecified atom stereocenters. The van der Waals surface area contributed by atoms with Crippen molar-refractivity contribution in [2.45, 2.75) is 25.9 Å². The molecule has 22 heavy (non-hydrogen) atoms. The van der Waals surface area contributed by atoms with Gasteiger partial charge in [-0.3, -0.25) is 9.69 Å². The molecule has 0 bridgehead atoms. The summed E-state index contributed by atoms with van der Waals surface area (Å²) in [5, 5.41) is 8.28.